The van der Waals surface area contributed by atoms with Crippen molar-refractivity contribution in [2.75, 3.05) is 24.5 Å². The molecule has 1 heterocycles. The zero-order valence-electron chi connectivity index (χ0n) is 9.64. The van der Waals surface area contributed by atoms with Gasteiger partial charge in [0.05, 0.1) is 10.7 Å². The third-order valence-corrected chi connectivity index (χ3v) is 3.18. The van der Waals surface area contributed by atoms with E-state index in [0.717, 1.165) is 31.6 Å². The average Bonchev–Trinajstić information content (AvgIpc) is 2.41. The molecule has 1 unspecified atom stereocenters. The molecule has 2 rings (SSSR count). The molecular weight excluding hydrogens is 246 g/mol. The van der Waals surface area contributed by atoms with E-state index in [2.05, 4.69) is 5.32 Å². The average molecular weight is 261 g/mol. The standard InChI is InChI=1S/C12H15ClF2N2/c1-8-7-17(4-2-3-16-8)12-10(13)5-9(14)6-11(12)15/h5-6,8,16H,2-4,7H2,1H3. The number of hydrogen-bond donors (Lipinski definition) is 1. The van der Waals surface area contributed by atoms with Crippen LogP contribution >= 0.6 is 11.6 Å². The number of nitrogens with zero attached hydrogens (tertiary/aromatic N) is 1. The Morgan fingerprint density at radius 3 is 2.88 bits per heavy atom. The first-order valence-corrected chi connectivity index (χ1v) is 6.08. The molecule has 0 spiro atoms. The quantitative estimate of drug-likeness (QED) is 0.835. The van der Waals surface area contributed by atoms with Crippen molar-refractivity contribution in [1.82, 2.24) is 5.32 Å². The molecule has 17 heavy (non-hydrogen) atoms. The predicted molar refractivity (Wildman–Crippen MR) is 65.7 cm³/mol. The van der Waals surface area contributed by atoms with Crippen molar-refractivity contribution in [3.05, 3.63) is 28.8 Å². The van der Waals surface area contributed by atoms with Crippen molar-refractivity contribution >= 4 is 17.3 Å². The lowest BCUT2D eigenvalue weighted by Crippen LogP contribution is -2.35. The Bertz CT molecular complexity index is 388. The van der Waals surface area contributed by atoms with Crippen LogP contribution in [0.25, 0.3) is 0 Å². The van der Waals surface area contributed by atoms with Gasteiger partial charge in [0, 0.05) is 25.2 Å². The summed E-state index contributed by atoms with van der Waals surface area (Å²) < 4.78 is 26.7. The molecule has 1 aromatic carbocycles. The topological polar surface area (TPSA) is 15.3 Å². The molecule has 94 valence electrons. The molecule has 1 fully saturated rings. The van der Waals surface area contributed by atoms with Gasteiger partial charge in [-0.1, -0.05) is 11.6 Å². The van der Waals surface area contributed by atoms with Gasteiger partial charge in [0.1, 0.15) is 5.82 Å². The van der Waals surface area contributed by atoms with Crippen LogP contribution in [-0.2, 0) is 0 Å². The Morgan fingerprint density at radius 2 is 2.18 bits per heavy atom. The SMILES string of the molecule is CC1CN(c2c(F)cc(F)cc2Cl)CCCN1. The monoisotopic (exact) mass is 260 g/mol. The maximum atomic E-state index is 13.8. The Balaban J connectivity index is 2.32. The van der Waals surface area contributed by atoms with Gasteiger partial charge in [-0.3, -0.25) is 0 Å². The van der Waals surface area contributed by atoms with Gasteiger partial charge >= 0.3 is 0 Å². The first kappa shape index (κ1) is 12.6. The van der Waals surface area contributed by atoms with Crippen LogP contribution in [0, 0.1) is 11.6 Å². The highest BCUT2D eigenvalue weighted by molar-refractivity contribution is 6.33. The summed E-state index contributed by atoms with van der Waals surface area (Å²) in [4.78, 5) is 1.88. The molecule has 1 aliphatic rings. The van der Waals surface area contributed by atoms with Gasteiger partial charge in [0.25, 0.3) is 0 Å². The number of benzene rings is 1. The second-order valence-corrected chi connectivity index (χ2v) is 4.78. The van der Waals surface area contributed by atoms with E-state index in [-0.39, 0.29) is 11.1 Å². The second kappa shape index (κ2) is 5.19. The summed E-state index contributed by atoms with van der Waals surface area (Å²) in [6, 6.07) is 2.30. The molecule has 0 bridgehead atoms. The van der Waals surface area contributed by atoms with Crippen molar-refractivity contribution in [3.63, 3.8) is 0 Å². The maximum absolute atomic E-state index is 13.8. The van der Waals surface area contributed by atoms with E-state index in [1.807, 2.05) is 11.8 Å². The molecule has 2 nitrogen and oxygen atoms in total. The first-order chi connectivity index (χ1) is 8.08. The molecule has 0 amide bonds. The smallest absolute Gasteiger partial charge is 0.150 e. The number of nitrogens with one attached hydrogen (secondary N) is 1. The Hall–Kier alpha value is -0.870. The van der Waals surface area contributed by atoms with Crippen LogP contribution in [0.3, 0.4) is 0 Å². The Labute approximate surface area is 105 Å². The lowest BCUT2D eigenvalue weighted by atomic mass is 10.2. The molecular formula is C12H15ClF2N2. The molecule has 1 aromatic rings. The van der Waals surface area contributed by atoms with Gasteiger partial charge in [-0.25, -0.2) is 8.78 Å². The van der Waals surface area contributed by atoms with Crippen molar-refractivity contribution < 1.29 is 8.78 Å². The second-order valence-electron chi connectivity index (χ2n) is 4.37. The van der Waals surface area contributed by atoms with E-state index < -0.39 is 11.6 Å². The van der Waals surface area contributed by atoms with Crippen molar-refractivity contribution in [1.29, 1.82) is 0 Å². The fraction of sp³-hybridized carbons (Fsp3) is 0.500. The van der Waals surface area contributed by atoms with Gasteiger partial charge in [-0.2, -0.15) is 0 Å². The number of halogens is 3. The lowest BCUT2D eigenvalue weighted by molar-refractivity contribution is 0.567. The van der Waals surface area contributed by atoms with Crippen LogP contribution < -0.4 is 10.2 Å². The molecule has 0 aromatic heterocycles. The fourth-order valence-electron chi connectivity index (χ4n) is 2.14. The summed E-state index contributed by atoms with van der Waals surface area (Å²) in [6.45, 7) is 4.33. The normalized spacial score (nSPS) is 21.4. The summed E-state index contributed by atoms with van der Waals surface area (Å²) in [5, 5.41) is 3.45. The predicted octanol–water partition coefficient (Wildman–Crippen LogP) is 2.81. The highest BCUT2D eigenvalue weighted by atomic mass is 35.5. The molecule has 1 N–H and O–H groups in total. The molecule has 0 saturated carbocycles. The molecule has 0 aliphatic carbocycles. The summed E-state index contributed by atoms with van der Waals surface area (Å²) in [7, 11) is 0. The molecule has 0 radical (unpaired) electrons. The summed E-state index contributed by atoms with van der Waals surface area (Å²) >= 11 is 5.93. The number of anilines is 1. The van der Waals surface area contributed by atoms with Crippen LogP contribution in [0.5, 0.6) is 0 Å². The molecule has 1 atom stereocenters. The summed E-state index contributed by atoms with van der Waals surface area (Å²) in [6.07, 6.45) is 0.914. The molecule has 5 heteroatoms. The van der Waals surface area contributed by atoms with E-state index in [1.165, 1.54) is 0 Å². The zero-order chi connectivity index (χ0) is 12.4. The van der Waals surface area contributed by atoms with Crippen LogP contribution in [-0.4, -0.2) is 25.7 Å². The highest BCUT2D eigenvalue weighted by Gasteiger charge is 2.20. The van der Waals surface area contributed by atoms with Gasteiger partial charge in [0.15, 0.2) is 5.82 Å². The first-order valence-electron chi connectivity index (χ1n) is 5.71. The third kappa shape index (κ3) is 2.87. The minimum atomic E-state index is -0.641. The molecule has 1 aliphatic heterocycles. The summed E-state index contributed by atoms with van der Waals surface area (Å²) in [5.41, 5.74) is 0.309. The van der Waals surface area contributed by atoms with Gasteiger partial charge in [-0.15, -0.1) is 0 Å². The summed E-state index contributed by atoms with van der Waals surface area (Å²) in [5.74, 6) is -1.23. The van der Waals surface area contributed by atoms with Crippen LogP contribution in [0.4, 0.5) is 14.5 Å². The molecule has 1 saturated heterocycles. The lowest BCUT2D eigenvalue weighted by Gasteiger charge is -2.26. The minimum Gasteiger partial charge on any atom is -0.366 e. The van der Waals surface area contributed by atoms with Crippen LogP contribution in [0.2, 0.25) is 5.02 Å². The van der Waals surface area contributed by atoms with E-state index in [9.17, 15) is 8.78 Å². The Morgan fingerprint density at radius 1 is 1.41 bits per heavy atom. The van der Waals surface area contributed by atoms with Gasteiger partial charge < -0.3 is 10.2 Å². The van der Waals surface area contributed by atoms with E-state index >= 15 is 0 Å². The van der Waals surface area contributed by atoms with E-state index in [0.29, 0.717) is 12.2 Å². The third-order valence-electron chi connectivity index (χ3n) is 2.89. The van der Waals surface area contributed by atoms with Gasteiger partial charge in [-0.05, 0) is 26.0 Å². The highest BCUT2D eigenvalue weighted by Crippen LogP contribution is 2.30. The Kier molecular flexibility index (Phi) is 3.84. The maximum Gasteiger partial charge on any atom is 0.150 e. The van der Waals surface area contributed by atoms with Crippen molar-refractivity contribution in [3.8, 4) is 0 Å². The van der Waals surface area contributed by atoms with Crippen molar-refractivity contribution in [2.24, 2.45) is 0 Å². The number of rotatable bonds is 1. The van der Waals surface area contributed by atoms with Crippen molar-refractivity contribution in [2.45, 2.75) is 19.4 Å². The fourth-order valence-corrected chi connectivity index (χ4v) is 2.46. The van der Waals surface area contributed by atoms with E-state index in [1.54, 1.807) is 0 Å². The minimum absolute atomic E-state index is 0.136. The van der Waals surface area contributed by atoms with E-state index in [4.69, 9.17) is 11.6 Å². The largest absolute Gasteiger partial charge is 0.366 e. The zero-order valence-corrected chi connectivity index (χ0v) is 10.4. The van der Waals surface area contributed by atoms with Crippen LogP contribution in [0.1, 0.15) is 13.3 Å². The number of hydrogen-bond acceptors (Lipinski definition) is 2. The van der Waals surface area contributed by atoms with Crippen LogP contribution in [0.15, 0.2) is 12.1 Å². The van der Waals surface area contributed by atoms with Gasteiger partial charge in [0.2, 0.25) is 0 Å².